The number of hydroxylamine groups is 1. The summed E-state index contributed by atoms with van der Waals surface area (Å²) in [5, 5.41) is 0. The number of hydrogen-bond donors (Lipinski definition) is 1. The minimum atomic E-state index is 0.0272. The summed E-state index contributed by atoms with van der Waals surface area (Å²) in [4.78, 5) is 16.1. The molecule has 0 aromatic heterocycles. The summed E-state index contributed by atoms with van der Waals surface area (Å²) >= 11 is 0. The maximum Gasteiger partial charge on any atom is 0.205 e. The van der Waals surface area contributed by atoms with E-state index < -0.39 is 0 Å². The standard InChI is InChI=1S/C8H7NO2/c10-7-3-1-2-6-4-5-9-11-8(6)7/h1-2,4-5,9H,3H2. The van der Waals surface area contributed by atoms with E-state index in [4.69, 9.17) is 4.84 Å². The van der Waals surface area contributed by atoms with Gasteiger partial charge in [0.25, 0.3) is 0 Å². The molecule has 0 radical (unpaired) electrons. The highest BCUT2D eigenvalue weighted by Crippen LogP contribution is 2.19. The van der Waals surface area contributed by atoms with E-state index in [1.54, 1.807) is 6.20 Å². The molecule has 0 aromatic carbocycles. The molecule has 1 aliphatic carbocycles. The lowest BCUT2D eigenvalue weighted by Crippen LogP contribution is -2.19. The van der Waals surface area contributed by atoms with Crippen molar-refractivity contribution >= 4 is 5.78 Å². The molecule has 0 fully saturated rings. The van der Waals surface area contributed by atoms with Crippen molar-refractivity contribution in [1.82, 2.24) is 5.48 Å². The lowest BCUT2D eigenvalue weighted by atomic mass is 10.0. The minimum absolute atomic E-state index is 0.0272. The predicted molar refractivity (Wildman–Crippen MR) is 39.2 cm³/mol. The second kappa shape index (κ2) is 2.27. The van der Waals surface area contributed by atoms with Gasteiger partial charge in [0.2, 0.25) is 11.5 Å². The molecule has 0 unspecified atom stereocenters. The number of carbonyl (C=O) groups is 1. The van der Waals surface area contributed by atoms with Crippen LogP contribution in [0.25, 0.3) is 0 Å². The first-order valence-corrected chi connectivity index (χ1v) is 3.41. The monoisotopic (exact) mass is 149 g/mol. The molecule has 1 N–H and O–H groups in total. The zero-order chi connectivity index (χ0) is 7.68. The average molecular weight is 149 g/mol. The molecule has 11 heavy (non-hydrogen) atoms. The fourth-order valence-corrected chi connectivity index (χ4v) is 1.09. The van der Waals surface area contributed by atoms with Crippen LogP contribution in [0.2, 0.25) is 0 Å². The highest BCUT2D eigenvalue weighted by Gasteiger charge is 2.18. The van der Waals surface area contributed by atoms with Crippen molar-refractivity contribution in [2.75, 3.05) is 0 Å². The lowest BCUT2D eigenvalue weighted by molar-refractivity contribution is -0.119. The Labute approximate surface area is 64.0 Å². The Bertz CT molecular complexity index is 282. The maximum atomic E-state index is 11.1. The molecule has 0 amide bonds. The third-order valence-corrected chi connectivity index (χ3v) is 1.61. The Morgan fingerprint density at radius 2 is 2.36 bits per heavy atom. The number of Topliss-reactive ketones (excluding diaryl/α,β-unsaturated/α-hetero) is 1. The van der Waals surface area contributed by atoms with E-state index in [1.807, 2.05) is 18.2 Å². The van der Waals surface area contributed by atoms with Gasteiger partial charge in [-0.25, -0.2) is 5.48 Å². The van der Waals surface area contributed by atoms with E-state index in [2.05, 4.69) is 5.48 Å². The molecule has 1 heterocycles. The predicted octanol–water partition coefficient (Wildman–Crippen LogP) is 0.818. The van der Waals surface area contributed by atoms with Crippen LogP contribution in [0.3, 0.4) is 0 Å². The summed E-state index contributed by atoms with van der Waals surface area (Å²) in [5.74, 6) is 0.453. The molecular weight excluding hydrogens is 142 g/mol. The normalized spacial score (nSPS) is 20.9. The number of carbonyl (C=O) groups excluding carboxylic acids is 1. The van der Waals surface area contributed by atoms with Gasteiger partial charge in [0, 0.05) is 18.2 Å². The molecule has 0 aromatic rings. The minimum Gasteiger partial charge on any atom is -0.378 e. The van der Waals surface area contributed by atoms with Crippen molar-refractivity contribution in [3.05, 3.63) is 35.8 Å². The first-order valence-electron chi connectivity index (χ1n) is 3.41. The smallest absolute Gasteiger partial charge is 0.205 e. The van der Waals surface area contributed by atoms with Gasteiger partial charge in [0.1, 0.15) is 0 Å². The van der Waals surface area contributed by atoms with Gasteiger partial charge < -0.3 is 4.84 Å². The van der Waals surface area contributed by atoms with Crippen molar-refractivity contribution in [2.45, 2.75) is 6.42 Å². The van der Waals surface area contributed by atoms with Crippen LogP contribution >= 0.6 is 0 Å². The second-order valence-corrected chi connectivity index (χ2v) is 2.37. The van der Waals surface area contributed by atoms with Crippen molar-refractivity contribution in [3.63, 3.8) is 0 Å². The van der Waals surface area contributed by atoms with E-state index in [0.717, 1.165) is 5.57 Å². The molecule has 3 heteroatoms. The van der Waals surface area contributed by atoms with Gasteiger partial charge in [-0.2, -0.15) is 0 Å². The van der Waals surface area contributed by atoms with Crippen LogP contribution in [0.5, 0.6) is 0 Å². The summed E-state index contributed by atoms with van der Waals surface area (Å²) < 4.78 is 0. The Kier molecular flexibility index (Phi) is 1.28. The third kappa shape index (κ3) is 0.941. The average Bonchev–Trinajstić information content (AvgIpc) is 2.06. The first-order chi connectivity index (χ1) is 5.38. The van der Waals surface area contributed by atoms with E-state index in [1.165, 1.54) is 0 Å². The summed E-state index contributed by atoms with van der Waals surface area (Å²) in [7, 11) is 0. The molecule has 3 nitrogen and oxygen atoms in total. The Morgan fingerprint density at radius 3 is 3.18 bits per heavy atom. The zero-order valence-electron chi connectivity index (χ0n) is 5.83. The Balaban J connectivity index is 2.43. The van der Waals surface area contributed by atoms with Crippen LogP contribution in [0.15, 0.2) is 35.8 Å². The molecule has 2 aliphatic rings. The third-order valence-electron chi connectivity index (χ3n) is 1.61. The zero-order valence-corrected chi connectivity index (χ0v) is 5.83. The largest absolute Gasteiger partial charge is 0.378 e. The summed E-state index contributed by atoms with van der Waals surface area (Å²) in [5.41, 5.74) is 3.37. The van der Waals surface area contributed by atoms with E-state index in [0.29, 0.717) is 12.2 Å². The number of ketones is 1. The second-order valence-electron chi connectivity index (χ2n) is 2.37. The first kappa shape index (κ1) is 6.22. The number of allylic oxidation sites excluding steroid dienone is 5. The molecule has 56 valence electrons. The Morgan fingerprint density at radius 1 is 1.45 bits per heavy atom. The molecule has 2 rings (SSSR count). The van der Waals surface area contributed by atoms with Crippen LogP contribution in [-0.2, 0) is 9.63 Å². The number of rotatable bonds is 0. The Hall–Kier alpha value is -1.51. The summed E-state index contributed by atoms with van der Waals surface area (Å²) in [6.07, 6.45) is 7.62. The van der Waals surface area contributed by atoms with Gasteiger partial charge >= 0.3 is 0 Å². The summed E-state index contributed by atoms with van der Waals surface area (Å²) in [6, 6.07) is 0. The molecular formula is C8H7NO2. The lowest BCUT2D eigenvalue weighted by Gasteiger charge is -2.16. The van der Waals surface area contributed by atoms with Crippen LogP contribution in [0.1, 0.15) is 6.42 Å². The molecule has 1 aliphatic heterocycles. The van der Waals surface area contributed by atoms with E-state index in [-0.39, 0.29) is 5.78 Å². The fraction of sp³-hybridized carbons (Fsp3) is 0.125. The van der Waals surface area contributed by atoms with E-state index >= 15 is 0 Å². The molecule has 0 spiro atoms. The summed E-state index contributed by atoms with van der Waals surface area (Å²) in [6.45, 7) is 0. The SMILES string of the molecule is O=C1CC=CC2=C1ONC=C2. The fourth-order valence-electron chi connectivity index (χ4n) is 1.09. The van der Waals surface area contributed by atoms with Gasteiger partial charge in [-0.1, -0.05) is 12.2 Å². The van der Waals surface area contributed by atoms with Gasteiger partial charge in [0.15, 0.2) is 0 Å². The van der Waals surface area contributed by atoms with Gasteiger partial charge in [-0.15, -0.1) is 0 Å². The van der Waals surface area contributed by atoms with Crippen molar-refractivity contribution in [2.24, 2.45) is 0 Å². The van der Waals surface area contributed by atoms with Crippen LogP contribution in [0.4, 0.5) is 0 Å². The molecule has 0 saturated heterocycles. The van der Waals surface area contributed by atoms with Crippen molar-refractivity contribution in [1.29, 1.82) is 0 Å². The topological polar surface area (TPSA) is 38.3 Å². The van der Waals surface area contributed by atoms with Crippen LogP contribution in [0, 0.1) is 0 Å². The number of hydrogen-bond acceptors (Lipinski definition) is 3. The maximum absolute atomic E-state index is 11.1. The van der Waals surface area contributed by atoms with E-state index in [9.17, 15) is 4.79 Å². The molecule has 0 bridgehead atoms. The van der Waals surface area contributed by atoms with Gasteiger partial charge in [0.05, 0.1) is 0 Å². The van der Waals surface area contributed by atoms with Crippen LogP contribution < -0.4 is 5.48 Å². The van der Waals surface area contributed by atoms with Gasteiger partial charge in [-0.05, 0) is 6.08 Å². The van der Waals surface area contributed by atoms with Gasteiger partial charge in [-0.3, -0.25) is 4.79 Å². The van der Waals surface area contributed by atoms with Crippen LogP contribution in [-0.4, -0.2) is 5.78 Å². The molecule has 0 atom stereocenters. The van der Waals surface area contributed by atoms with Crippen molar-refractivity contribution < 1.29 is 9.63 Å². The van der Waals surface area contributed by atoms with Crippen molar-refractivity contribution in [3.8, 4) is 0 Å². The quantitative estimate of drug-likeness (QED) is 0.554. The molecule has 0 saturated carbocycles. The number of nitrogens with one attached hydrogen (secondary N) is 1. The highest BCUT2D eigenvalue weighted by molar-refractivity contribution is 5.97. The highest BCUT2D eigenvalue weighted by atomic mass is 16.6.